The molecule has 0 saturated heterocycles. The van der Waals surface area contributed by atoms with Gasteiger partial charge in [-0.05, 0) is 41.3 Å². The molecule has 31 heavy (non-hydrogen) atoms. The largest absolute Gasteiger partial charge is 0.497 e. The summed E-state index contributed by atoms with van der Waals surface area (Å²) in [5, 5.41) is 12.9. The van der Waals surface area contributed by atoms with Crippen LogP contribution in [-0.2, 0) is 11.3 Å². The van der Waals surface area contributed by atoms with Gasteiger partial charge in [0.15, 0.2) is 5.82 Å². The van der Waals surface area contributed by atoms with Gasteiger partial charge >= 0.3 is 0 Å². The number of amides is 1. The van der Waals surface area contributed by atoms with E-state index in [0.29, 0.717) is 23.9 Å². The van der Waals surface area contributed by atoms with E-state index in [1.165, 1.54) is 11.8 Å². The SMILES string of the molecule is COc1ccc(-c2nc(SC(CC(=O)NCc3ccccc3)c3cccs3)n[nH]2)cc1. The third-order valence-corrected chi connectivity index (χ3v) is 6.87. The molecule has 2 heterocycles. The predicted molar refractivity (Wildman–Crippen MR) is 124 cm³/mol. The van der Waals surface area contributed by atoms with Crippen molar-refractivity contribution >= 4 is 29.0 Å². The van der Waals surface area contributed by atoms with Crippen molar-refractivity contribution in [3.63, 3.8) is 0 Å². The van der Waals surface area contributed by atoms with Gasteiger partial charge < -0.3 is 10.1 Å². The first-order valence-corrected chi connectivity index (χ1v) is 11.5. The summed E-state index contributed by atoms with van der Waals surface area (Å²) in [4.78, 5) is 18.4. The van der Waals surface area contributed by atoms with Crippen LogP contribution in [0, 0.1) is 0 Å². The molecule has 0 bridgehead atoms. The van der Waals surface area contributed by atoms with E-state index in [2.05, 4.69) is 20.5 Å². The van der Waals surface area contributed by atoms with E-state index in [4.69, 9.17) is 4.74 Å². The molecular formula is C23H22N4O2S2. The van der Waals surface area contributed by atoms with Crippen LogP contribution in [0.5, 0.6) is 5.75 Å². The number of carbonyl (C=O) groups excluding carboxylic acids is 1. The monoisotopic (exact) mass is 450 g/mol. The van der Waals surface area contributed by atoms with Crippen molar-refractivity contribution in [2.75, 3.05) is 7.11 Å². The predicted octanol–water partition coefficient (Wildman–Crippen LogP) is 5.08. The van der Waals surface area contributed by atoms with E-state index in [9.17, 15) is 4.79 Å². The summed E-state index contributed by atoms with van der Waals surface area (Å²) in [6.45, 7) is 0.518. The van der Waals surface area contributed by atoms with Crippen LogP contribution in [-0.4, -0.2) is 28.2 Å². The zero-order chi connectivity index (χ0) is 21.5. The molecule has 0 aliphatic heterocycles. The van der Waals surface area contributed by atoms with Crippen LogP contribution in [0.2, 0.25) is 0 Å². The van der Waals surface area contributed by atoms with Crippen molar-refractivity contribution in [3.8, 4) is 17.1 Å². The smallest absolute Gasteiger partial charge is 0.221 e. The minimum Gasteiger partial charge on any atom is -0.497 e. The van der Waals surface area contributed by atoms with Crippen molar-refractivity contribution < 1.29 is 9.53 Å². The first-order chi connectivity index (χ1) is 15.2. The fourth-order valence-electron chi connectivity index (χ4n) is 3.02. The number of aromatic nitrogens is 3. The molecule has 4 aromatic rings. The normalized spacial score (nSPS) is 11.8. The number of hydrogen-bond acceptors (Lipinski definition) is 6. The number of hydrogen-bond donors (Lipinski definition) is 2. The van der Waals surface area contributed by atoms with Crippen molar-refractivity contribution in [3.05, 3.63) is 82.6 Å². The van der Waals surface area contributed by atoms with Crippen molar-refractivity contribution in [2.45, 2.75) is 23.4 Å². The number of ether oxygens (including phenoxy) is 1. The Labute approximate surface area is 189 Å². The number of aromatic amines is 1. The lowest BCUT2D eigenvalue weighted by molar-refractivity contribution is -0.121. The Kier molecular flexibility index (Phi) is 7.01. The van der Waals surface area contributed by atoms with Gasteiger partial charge in [-0.15, -0.1) is 16.4 Å². The number of nitrogens with one attached hydrogen (secondary N) is 2. The van der Waals surface area contributed by atoms with E-state index in [1.807, 2.05) is 72.1 Å². The van der Waals surface area contributed by atoms with Gasteiger partial charge in [0.05, 0.1) is 12.4 Å². The van der Waals surface area contributed by atoms with Crippen LogP contribution in [0.3, 0.4) is 0 Å². The van der Waals surface area contributed by atoms with Gasteiger partial charge in [0.25, 0.3) is 0 Å². The molecule has 0 fully saturated rings. The standard InChI is InChI=1S/C23H22N4O2S2/c1-29-18-11-9-17(10-12-18)22-25-23(27-26-22)31-20(19-8-5-13-30-19)14-21(28)24-15-16-6-3-2-4-7-16/h2-13,20H,14-15H2,1H3,(H,24,28)(H,25,26,27). The summed E-state index contributed by atoms with van der Waals surface area (Å²) < 4.78 is 5.20. The van der Waals surface area contributed by atoms with Gasteiger partial charge in [-0.2, -0.15) is 0 Å². The highest BCUT2D eigenvalue weighted by Crippen LogP contribution is 2.38. The zero-order valence-electron chi connectivity index (χ0n) is 16.9. The van der Waals surface area contributed by atoms with Gasteiger partial charge in [-0.3, -0.25) is 9.89 Å². The van der Waals surface area contributed by atoms with E-state index in [0.717, 1.165) is 21.8 Å². The Hall–Kier alpha value is -3.10. The number of carbonyl (C=O) groups is 1. The summed E-state index contributed by atoms with van der Waals surface area (Å²) >= 11 is 3.12. The van der Waals surface area contributed by atoms with Crippen LogP contribution in [0.15, 0.2) is 77.3 Å². The van der Waals surface area contributed by atoms with Crippen LogP contribution >= 0.6 is 23.1 Å². The van der Waals surface area contributed by atoms with Crippen molar-refractivity contribution in [2.24, 2.45) is 0 Å². The lowest BCUT2D eigenvalue weighted by Crippen LogP contribution is -2.23. The molecule has 2 N–H and O–H groups in total. The number of nitrogens with zero attached hydrogens (tertiary/aromatic N) is 2. The van der Waals surface area contributed by atoms with Gasteiger partial charge in [0.2, 0.25) is 11.1 Å². The highest BCUT2D eigenvalue weighted by Gasteiger charge is 2.21. The molecule has 0 spiro atoms. The summed E-state index contributed by atoms with van der Waals surface area (Å²) in [5.41, 5.74) is 2.00. The lowest BCUT2D eigenvalue weighted by atomic mass is 10.2. The fourth-order valence-corrected chi connectivity index (χ4v) is 4.96. The summed E-state index contributed by atoms with van der Waals surface area (Å²) in [6.07, 6.45) is 0.352. The molecule has 0 aliphatic rings. The van der Waals surface area contributed by atoms with Gasteiger partial charge in [0.1, 0.15) is 5.75 Å². The number of thioether (sulfide) groups is 1. The Balaban J connectivity index is 1.42. The Morgan fingerprint density at radius 2 is 1.94 bits per heavy atom. The molecule has 2 aromatic heterocycles. The van der Waals surface area contributed by atoms with Crippen molar-refractivity contribution in [1.29, 1.82) is 0 Å². The van der Waals surface area contributed by atoms with Crippen molar-refractivity contribution in [1.82, 2.24) is 20.5 Å². The molecular weight excluding hydrogens is 428 g/mol. The lowest BCUT2D eigenvalue weighted by Gasteiger charge is -2.13. The molecule has 1 atom stereocenters. The first kappa shape index (κ1) is 21.1. The average molecular weight is 451 g/mol. The summed E-state index contributed by atoms with van der Waals surface area (Å²) in [6, 6.07) is 21.6. The average Bonchev–Trinajstić information content (AvgIpc) is 3.51. The number of rotatable bonds is 9. The van der Waals surface area contributed by atoms with Crippen LogP contribution < -0.4 is 10.1 Å². The molecule has 158 valence electrons. The molecule has 0 aliphatic carbocycles. The molecule has 1 amide bonds. The second-order valence-electron chi connectivity index (χ2n) is 6.78. The molecule has 8 heteroatoms. The van der Waals surface area contributed by atoms with E-state index >= 15 is 0 Å². The Morgan fingerprint density at radius 1 is 1.13 bits per heavy atom. The third kappa shape index (κ3) is 5.74. The maximum atomic E-state index is 12.6. The summed E-state index contributed by atoms with van der Waals surface area (Å²) in [7, 11) is 1.64. The van der Waals surface area contributed by atoms with Crippen LogP contribution in [0.4, 0.5) is 0 Å². The van der Waals surface area contributed by atoms with Crippen LogP contribution in [0.25, 0.3) is 11.4 Å². The molecule has 4 rings (SSSR count). The molecule has 1 unspecified atom stereocenters. The second-order valence-corrected chi connectivity index (χ2v) is 8.93. The highest BCUT2D eigenvalue weighted by molar-refractivity contribution is 7.99. The number of benzene rings is 2. The summed E-state index contributed by atoms with van der Waals surface area (Å²) in [5.74, 6) is 1.47. The van der Waals surface area contributed by atoms with Crippen LogP contribution in [0.1, 0.15) is 22.1 Å². The quantitative estimate of drug-likeness (QED) is 0.348. The third-order valence-electron chi connectivity index (χ3n) is 4.64. The first-order valence-electron chi connectivity index (χ1n) is 9.79. The maximum Gasteiger partial charge on any atom is 0.221 e. The molecule has 2 aromatic carbocycles. The second kappa shape index (κ2) is 10.3. The molecule has 6 nitrogen and oxygen atoms in total. The van der Waals surface area contributed by atoms with E-state index in [1.54, 1.807) is 18.4 Å². The number of thiophene rings is 1. The topological polar surface area (TPSA) is 79.9 Å². The van der Waals surface area contributed by atoms with Gasteiger partial charge in [-0.25, -0.2) is 4.98 Å². The Bertz CT molecular complexity index is 1100. The van der Waals surface area contributed by atoms with E-state index < -0.39 is 0 Å². The highest BCUT2D eigenvalue weighted by atomic mass is 32.2. The number of methoxy groups -OCH3 is 1. The molecule has 0 radical (unpaired) electrons. The minimum absolute atomic E-state index is 0.000617. The van der Waals surface area contributed by atoms with Gasteiger partial charge in [-0.1, -0.05) is 48.2 Å². The minimum atomic E-state index is -0.0599. The zero-order valence-corrected chi connectivity index (χ0v) is 18.6. The Morgan fingerprint density at radius 3 is 2.65 bits per heavy atom. The fraction of sp³-hybridized carbons (Fsp3) is 0.174. The molecule has 0 saturated carbocycles. The maximum absolute atomic E-state index is 12.6. The number of H-pyrrole nitrogens is 1. The van der Waals surface area contributed by atoms with E-state index in [-0.39, 0.29) is 11.2 Å². The van der Waals surface area contributed by atoms with Gasteiger partial charge in [0, 0.05) is 23.4 Å².